The van der Waals surface area contributed by atoms with Crippen molar-refractivity contribution in [3.8, 4) is 79.4 Å². The molecule has 12 rings (SSSR count). The van der Waals surface area contributed by atoms with Gasteiger partial charge in [-0.2, -0.15) is 0 Å². The molecule has 0 spiro atoms. The molecule has 8 heteroatoms. The highest BCUT2D eigenvalue weighted by molar-refractivity contribution is 7.30. The summed E-state index contributed by atoms with van der Waals surface area (Å²) in [5, 5.41) is 12.9. The van der Waals surface area contributed by atoms with E-state index in [2.05, 4.69) is 160 Å². The summed E-state index contributed by atoms with van der Waals surface area (Å²) in [5.41, 5.74) is 8.88. The minimum atomic E-state index is 1.14. The topological polar surface area (TPSA) is 0 Å². The fourth-order valence-electron chi connectivity index (χ4n) is 16.1. The Bertz CT molecular complexity index is 4050. The quantitative estimate of drug-likeness (QED) is 0.0263. The van der Waals surface area contributed by atoms with Gasteiger partial charge in [-0.25, -0.2) is 0 Å². The lowest BCUT2D eigenvalue weighted by Gasteiger charge is -2.13. The third-order valence-corrected chi connectivity index (χ3v) is 32.0. The normalized spacial score (nSPS) is 12.0. The van der Waals surface area contributed by atoms with Gasteiger partial charge in [-0.1, -0.05) is 283 Å². The third kappa shape index (κ3) is 22.4. The van der Waals surface area contributed by atoms with Crippen molar-refractivity contribution in [2.24, 2.45) is 0 Å². The van der Waals surface area contributed by atoms with E-state index in [-0.39, 0.29) is 0 Å². The molecule has 0 aliphatic heterocycles. The van der Waals surface area contributed by atoms with Crippen LogP contribution in [0.25, 0.3) is 112 Å². The number of hydrogen-bond acceptors (Lipinski definition) is 8. The van der Waals surface area contributed by atoms with E-state index in [1.54, 1.807) is 11.1 Å². The molecule has 0 aliphatic rings. The van der Waals surface area contributed by atoms with Gasteiger partial charge >= 0.3 is 0 Å². The van der Waals surface area contributed by atoms with E-state index >= 15 is 0 Å². The Kier molecular flexibility index (Phi) is 32.7. The molecule has 0 unspecified atom stereocenters. The molecule has 0 nitrogen and oxygen atoms in total. The molecule has 0 saturated carbocycles. The van der Waals surface area contributed by atoms with E-state index in [1.807, 2.05) is 90.7 Å². The van der Waals surface area contributed by atoms with Crippen molar-refractivity contribution in [2.45, 2.75) is 310 Å². The average Bonchev–Trinajstić information content (AvgIpc) is 0.914. The number of aryl methyl sites for hydroxylation is 4. The van der Waals surface area contributed by atoms with Gasteiger partial charge in [0.1, 0.15) is 0 Å². The van der Waals surface area contributed by atoms with Gasteiger partial charge in [0.2, 0.25) is 0 Å². The second-order valence-corrected chi connectivity index (χ2v) is 38.9. The molecule has 4 aromatic carbocycles. The van der Waals surface area contributed by atoms with Crippen LogP contribution in [0.1, 0.15) is 307 Å². The first-order valence-corrected chi connectivity index (χ1v) is 48.7. The molecule has 12 aromatic rings. The van der Waals surface area contributed by atoms with Crippen LogP contribution in [-0.4, -0.2) is 0 Å². The van der Waals surface area contributed by atoms with E-state index in [4.69, 9.17) is 0 Å². The molecule has 104 heavy (non-hydrogen) atoms. The van der Waals surface area contributed by atoms with Gasteiger partial charge in [-0.05, 0) is 225 Å². The number of unbranched alkanes of at least 4 members (excludes halogenated alkanes) is 36. The van der Waals surface area contributed by atoms with Crippen molar-refractivity contribution in [1.82, 2.24) is 0 Å². The van der Waals surface area contributed by atoms with Gasteiger partial charge in [0.15, 0.2) is 0 Å². The molecule has 0 radical (unpaired) electrons. The second kappa shape index (κ2) is 43.1. The molecule has 0 aliphatic carbocycles. The van der Waals surface area contributed by atoms with Crippen molar-refractivity contribution in [1.29, 1.82) is 0 Å². The van der Waals surface area contributed by atoms with Crippen molar-refractivity contribution < 1.29 is 0 Å². The SMILES string of the molecule is CCCCCCCCCCCCc1ccsc1-c1ccc(-c2ccc(-c3sc(-c4cc5ccc6cc(-c7cc(CCCCCCCCCCCC)c(-c8ccc(-c9ccc(-c%10sccc%10CCCCCCCCCCCC)s9)s8)s7)cc7ccc(c4)c5c67)cc3CCCCCCCCCCCC)s2)s1. The summed E-state index contributed by atoms with van der Waals surface area (Å²) in [5.74, 6) is 0. The third-order valence-electron chi connectivity index (χ3n) is 22.2. The lowest BCUT2D eigenvalue weighted by molar-refractivity contribution is 0.556. The van der Waals surface area contributed by atoms with Crippen molar-refractivity contribution >= 4 is 123 Å². The van der Waals surface area contributed by atoms with Crippen LogP contribution in [0.3, 0.4) is 0 Å². The standard InChI is InChI=1S/C96H122S8/c1-5-9-13-17-21-25-29-33-37-41-45-71-61-63-97-93(71)85-57-53-81(99-85)83-55-59-87(101-83)95-77(47-43-39-35-31-27-23-19-15-11-7-3)69-89(103-95)79-65-73-49-51-75-67-80(68-76-52-50-74(66-79)91(73)92(75)76)90-70-78(48-44-40-36-32-28-24-20-16-12-8-4)96(104-90)88-60-56-84(102-88)82-54-58-86(100-82)94-72(62-64-98-94)46-42-38-34-30-26-22-18-14-10-6-2/h49-70H,5-48H2,1-4H3. The summed E-state index contributed by atoms with van der Waals surface area (Å²) in [7, 11) is 0. The lowest BCUT2D eigenvalue weighted by atomic mass is 9.91. The second-order valence-electron chi connectivity index (χ2n) is 30.6. The van der Waals surface area contributed by atoms with E-state index in [0.29, 0.717) is 0 Å². The molecular weight excluding hydrogens is 1410 g/mol. The lowest BCUT2D eigenvalue weighted by Crippen LogP contribution is -1.87. The van der Waals surface area contributed by atoms with Gasteiger partial charge < -0.3 is 0 Å². The van der Waals surface area contributed by atoms with Crippen LogP contribution in [-0.2, 0) is 25.7 Å². The minimum absolute atomic E-state index is 1.14. The van der Waals surface area contributed by atoms with Crippen molar-refractivity contribution in [3.05, 3.63) is 154 Å². The van der Waals surface area contributed by atoms with Gasteiger partial charge in [0.05, 0.1) is 0 Å². The van der Waals surface area contributed by atoms with Gasteiger partial charge in [0.25, 0.3) is 0 Å². The van der Waals surface area contributed by atoms with Gasteiger partial charge in [0, 0.05) is 68.3 Å². The number of rotatable bonds is 52. The highest BCUT2D eigenvalue weighted by Crippen LogP contribution is 2.51. The number of thiophene rings is 8. The number of benzene rings is 4. The maximum absolute atomic E-state index is 2.60. The maximum Gasteiger partial charge on any atom is 0.0481 e. The van der Waals surface area contributed by atoms with E-state index < -0.39 is 0 Å². The number of hydrogen-bond donors (Lipinski definition) is 0. The predicted octanol–water partition coefficient (Wildman–Crippen LogP) is 36.3. The summed E-state index contributed by atoms with van der Waals surface area (Å²) < 4.78 is 0. The van der Waals surface area contributed by atoms with Gasteiger partial charge in [-0.15, -0.1) is 90.7 Å². The highest BCUT2D eigenvalue weighted by atomic mass is 32.1. The molecule has 8 aromatic heterocycles. The maximum atomic E-state index is 2.60. The first-order valence-electron chi connectivity index (χ1n) is 42.0. The molecular formula is C96H122S8. The Hall–Kier alpha value is -4.48. The molecule has 554 valence electrons. The van der Waals surface area contributed by atoms with Crippen LogP contribution in [0.4, 0.5) is 0 Å². The van der Waals surface area contributed by atoms with Gasteiger partial charge in [-0.3, -0.25) is 0 Å². The monoisotopic (exact) mass is 1530 g/mol. The first kappa shape index (κ1) is 79.1. The van der Waals surface area contributed by atoms with Crippen LogP contribution in [0.2, 0.25) is 0 Å². The fourth-order valence-corrected chi connectivity index (χ4v) is 25.3. The Morgan fingerprint density at radius 1 is 0.192 bits per heavy atom. The zero-order valence-corrected chi connectivity index (χ0v) is 70.6. The average molecular weight is 1530 g/mol. The van der Waals surface area contributed by atoms with E-state index in [0.717, 1.165) is 12.8 Å². The molecule has 0 bridgehead atoms. The van der Waals surface area contributed by atoms with Crippen LogP contribution in [0.5, 0.6) is 0 Å². The molecule has 0 atom stereocenters. The highest BCUT2D eigenvalue weighted by Gasteiger charge is 2.22. The zero-order valence-electron chi connectivity index (χ0n) is 64.1. The first-order chi connectivity index (χ1) is 51.5. The van der Waals surface area contributed by atoms with E-state index in [1.165, 1.54) is 393 Å². The van der Waals surface area contributed by atoms with E-state index in [9.17, 15) is 0 Å². The largest absolute Gasteiger partial charge is 0.143 e. The Balaban J connectivity index is 0.754. The minimum Gasteiger partial charge on any atom is -0.143 e. The Labute approximate surface area is 661 Å². The summed E-state index contributed by atoms with van der Waals surface area (Å²) in [4.78, 5) is 20.1. The predicted molar refractivity (Wildman–Crippen MR) is 479 cm³/mol. The zero-order chi connectivity index (χ0) is 71.3. The van der Waals surface area contributed by atoms with Crippen LogP contribution in [0, 0.1) is 0 Å². The van der Waals surface area contributed by atoms with Crippen LogP contribution < -0.4 is 0 Å². The van der Waals surface area contributed by atoms with Crippen LogP contribution >= 0.6 is 90.7 Å². The summed E-state index contributed by atoms with van der Waals surface area (Å²) >= 11 is 16.0. The summed E-state index contributed by atoms with van der Waals surface area (Å²) in [6, 6.07) is 49.2. The Morgan fingerprint density at radius 3 is 0.692 bits per heavy atom. The molecule has 0 amide bonds. The van der Waals surface area contributed by atoms with Crippen molar-refractivity contribution in [3.63, 3.8) is 0 Å². The fraction of sp³-hybridized carbons (Fsp3) is 0.500. The molecule has 0 N–H and O–H groups in total. The van der Waals surface area contributed by atoms with Crippen molar-refractivity contribution in [2.75, 3.05) is 0 Å². The molecule has 0 fully saturated rings. The Morgan fingerprint density at radius 2 is 0.423 bits per heavy atom. The van der Waals surface area contributed by atoms with Crippen LogP contribution in [0.15, 0.2) is 132 Å². The molecule has 8 heterocycles. The molecule has 0 saturated heterocycles. The smallest absolute Gasteiger partial charge is 0.0481 e. The summed E-state index contributed by atoms with van der Waals surface area (Å²) in [6.07, 6.45) is 59.7. The summed E-state index contributed by atoms with van der Waals surface area (Å²) in [6.45, 7) is 9.28.